The normalized spacial score (nSPS) is 15.7. The highest BCUT2D eigenvalue weighted by Crippen LogP contribution is 2.32. The summed E-state index contributed by atoms with van der Waals surface area (Å²) in [5, 5.41) is 3.27. The molecule has 0 spiro atoms. The average Bonchev–Trinajstić information content (AvgIpc) is 3.27. The molecule has 1 fully saturated rings. The van der Waals surface area contributed by atoms with Crippen LogP contribution < -0.4 is 14.8 Å². The molecule has 0 radical (unpaired) electrons. The predicted molar refractivity (Wildman–Crippen MR) is 70.5 cm³/mol. The van der Waals surface area contributed by atoms with Gasteiger partial charge in [0.25, 0.3) is 0 Å². The smallest absolute Gasteiger partial charge is 0.327 e. The molecule has 19 heavy (non-hydrogen) atoms. The fraction of sp³-hybridized carbons (Fsp3) is 0.500. The van der Waals surface area contributed by atoms with Gasteiger partial charge in [0.1, 0.15) is 17.5 Å². The van der Waals surface area contributed by atoms with Crippen LogP contribution in [-0.2, 0) is 9.53 Å². The number of carbonyl (C=O) groups is 1. The summed E-state index contributed by atoms with van der Waals surface area (Å²) in [5.41, 5.74) is 0.737. The molecule has 0 saturated heterocycles. The van der Waals surface area contributed by atoms with E-state index < -0.39 is 6.04 Å². The lowest BCUT2D eigenvalue weighted by Crippen LogP contribution is -2.31. The topological polar surface area (TPSA) is 56.8 Å². The van der Waals surface area contributed by atoms with Gasteiger partial charge in [-0.1, -0.05) is 0 Å². The largest absolute Gasteiger partial charge is 0.497 e. The van der Waals surface area contributed by atoms with Crippen LogP contribution in [0.3, 0.4) is 0 Å². The lowest BCUT2D eigenvalue weighted by molar-refractivity contribution is -0.143. The first-order valence-electron chi connectivity index (χ1n) is 6.25. The Morgan fingerprint density at radius 1 is 1.26 bits per heavy atom. The van der Waals surface area contributed by atoms with Gasteiger partial charge in [0, 0.05) is 11.6 Å². The van der Waals surface area contributed by atoms with Gasteiger partial charge < -0.3 is 14.2 Å². The van der Waals surface area contributed by atoms with E-state index in [1.54, 1.807) is 32.4 Å². The van der Waals surface area contributed by atoms with Crippen LogP contribution in [0.2, 0.25) is 0 Å². The summed E-state index contributed by atoms with van der Waals surface area (Å²) in [4.78, 5) is 12.0. The van der Waals surface area contributed by atoms with Crippen molar-refractivity contribution in [1.82, 2.24) is 5.32 Å². The first-order valence-corrected chi connectivity index (χ1v) is 6.25. The molecule has 104 valence electrons. The van der Waals surface area contributed by atoms with Crippen molar-refractivity contribution in [3.63, 3.8) is 0 Å². The summed E-state index contributed by atoms with van der Waals surface area (Å²) >= 11 is 0. The van der Waals surface area contributed by atoms with Crippen molar-refractivity contribution in [3.8, 4) is 11.5 Å². The van der Waals surface area contributed by atoms with Crippen molar-refractivity contribution in [3.05, 3.63) is 23.8 Å². The number of benzene rings is 1. The number of hydrogen-bond donors (Lipinski definition) is 1. The van der Waals surface area contributed by atoms with Gasteiger partial charge in [0.05, 0.1) is 21.3 Å². The van der Waals surface area contributed by atoms with Crippen LogP contribution >= 0.6 is 0 Å². The van der Waals surface area contributed by atoms with Gasteiger partial charge >= 0.3 is 5.97 Å². The molecule has 1 aromatic rings. The van der Waals surface area contributed by atoms with Crippen molar-refractivity contribution in [2.24, 2.45) is 0 Å². The van der Waals surface area contributed by atoms with Crippen molar-refractivity contribution < 1.29 is 19.0 Å². The molecule has 1 N–H and O–H groups in total. The van der Waals surface area contributed by atoms with Gasteiger partial charge in [-0.2, -0.15) is 0 Å². The van der Waals surface area contributed by atoms with Crippen LogP contribution in [0.4, 0.5) is 0 Å². The molecule has 0 heterocycles. The third kappa shape index (κ3) is 3.17. The fourth-order valence-electron chi connectivity index (χ4n) is 1.95. The summed E-state index contributed by atoms with van der Waals surface area (Å²) in [7, 11) is 4.56. The fourth-order valence-corrected chi connectivity index (χ4v) is 1.95. The first-order chi connectivity index (χ1) is 9.19. The highest BCUT2D eigenvalue weighted by Gasteiger charge is 2.32. The number of carbonyl (C=O) groups excluding carboxylic acids is 1. The Hall–Kier alpha value is -1.75. The van der Waals surface area contributed by atoms with Crippen LogP contribution in [0.15, 0.2) is 18.2 Å². The number of rotatable bonds is 6. The van der Waals surface area contributed by atoms with E-state index in [1.807, 2.05) is 0 Å². The van der Waals surface area contributed by atoms with Gasteiger partial charge in [-0.3, -0.25) is 5.32 Å². The molecule has 5 heteroatoms. The zero-order valence-electron chi connectivity index (χ0n) is 11.4. The molecule has 2 rings (SSSR count). The predicted octanol–water partition coefficient (Wildman–Crippen LogP) is 1.67. The second-order valence-corrected chi connectivity index (χ2v) is 4.50. The standard InChI is InChI=1S/C14H19NO4/c1-17-10-6-7-12(18-2)11(8-10)13(14(16)19-3)15-9-4-5-9/h6-9,13,15H,4-5H2,1-3H3. The molecule has 5 nitrogen and oxygen atoms in total. The quantitative estimate of drug-likeness (QED) is 0.793. The Kier molecular flexibility index (Phi) is 4.27. The van der Waals surface area contributed by atoms with Crippen molar-refractivity contribution in [1.29, 1.82) is 0 Å². The molecule has 1 unspecified atom stereocenters. The van der Waals surface area contributed by atoms with Crippen LogP contribution in [0.1, 0.15) is 24.4 Å². The summed E-state index contributed by atoms with van der Waals surface area (Å²) in [6.07, 6.45) is 2.17. The van der Waals surface area contributed by atoms with Gasteiger partial charge in [-0.05, 0) is 31.0 Å². The summed E-state index contributed by atoms with van der Waals surface area (Å²) in [6, 6.07) is 5.24. The number of ether oxygens (including phenoxy) is 3. The van der Waals surface area contributed by atoms with E-state index in [4.69, 9.17) is 14.2 Å². The number of methoxy groups -OCH3 is 3. The zero-order chi connectivity index (χ0) is 13.8. The van der Waals surface area contributed by atoms with Gasteiger partial charge in [0.2, 0.25) is 0 Å². The summed E-state index contributed by atoms with van der Waals surface area (Å²) < 4.78 is 15.4. The maximum atomic E-state index is 12.0. The number of esters is 1. The monoisotopic (exact) mass is 265 g/mol. The first kappa shape index (κ1) is 13.7. The lowest BCUT2D eigenvalue weighted by Gasteiger charge is -2.19. The molecule has 1 saturated carbocycles. The highest BCUT2D eigenvalue weighted by atomic mass is 16.5. The van der Waals surface area contributed by atoms with E-state index >= 15 is 0 Å². The van der Waals surface area contributed by atoms with E-state index in [-0.39, 0.29) is 5.97 Å². The van der Waals surface area contributed by atoms with Gasteiger partial charge in [-0.15, -0.1) is 0 Å². The zero-order valence-corrected chi connectivity index (χ0v) is 11.4. The maximum Gasteiger partial charge on any atom is 0.327 e. The van der Waals surface area contributed by atoms with Crippen molar-refractivity contribution in [2.75, 3.05) is 21.3 Å². The number of hydrogen-bond acceptors (Lipinski definition) is 5. The molecule has 1 atom stereocenters. The van der Waals surface area contributed by atoms with E-state index in [0.717, 1.165) is 18.4 Å². The summed E-state index contributed by atoms with van der Waals surface area (Å²) in [5.74, 6) is 1.00. The van der Waals surface area contributed by atoms with E-state index in [2.05, 4.69) is 5.32 Å². The average molecular weight is 265 g/mol. The second-order valence-electron chi connectivity index (χ2n) is 4.50. The minimum absolute atomic E-state index is 0.321. The molecule has 1 aliphatic carbocycles. The van der Waals surface area contributed by atoms with Crippen LogP contribution in [0, 0.1) is 0 Å². The molecular weight excluding hydrogens is 246 g/mol. The minimum Gasteiger partial charge on any atom is -0.497 e. The minimum atomic E-state index is -0.525. The molecule has 1 aromatic carbocycles. The Morgan fingerprint density at radius 3 is 2.53 bits per heavy atom. The molecule has 0 aliphatic heterocycles. The Balaban J connectivity index is 2.34. The third-order valence-electron chi connectivity index (χ3n) is 3.16. The number of nitrogens with one attached hydrogen (secondary N) is 1. The Labute approximate surface area is 112 Å². The van der Waals surface area contributed by atoms with E-state index in [9.17, 15) is 4.79 Å². The molecule has 0 aromatic heterocycles. The van der Waals surface area contributed by atoms with Crippen LogP contribution in [0.5, 0.6) is 11.5 Å². The van der Waals surface area contributed by atoms with Crippen LogP contribution in [0.25, 0.3) is 0 Å². The van der Waals surface area contributed by atoms with Gasteiger partial charge in [0.15, 0.2) is 0 Å². The second kappa shape index (κ2) is 5.93. The van der Waals surface area contributed by atoms with Crippen molar-refractivity contribution in [2.45, 2.75) is 24.9 Å². The van der Waals surface area contributed by atoms with Gasteiger partial charge in [-0.25, -0.2) is 4.79 Å². The maximum absolute atomic E-state index is 12.0. The lowest BCUT2D eigenvalue weighted by atomic mass is 10.0. The van der Waals surface area contributed by atoms with E-state index in [0.29, 0.717) is 17.5 Å². The molecule has 0 bridgehead atoms. The van der Waals surface area contributed by atoms with E-state index in [1.165, 1.54) is 7.11 Å². The third-order valence-corrected chi connectivity index (χ3v) is 3.16. The van der Waals surface area contributed by atoms with Crippen LogP contribution in [-0.4, -0.2) is 33.3 Å². The Morgan fingerprint density at radius 2 is 2.00 bits per heavy atom. The molecular formula is C14H19NO4. The molecule has 1 aliphatic rings. The highest BCUT2D eigenvalue weighted by molar-refractivity contribution is 5.79. The Bertz CT molecular complexity index is 457. The van der Waals surface area contributed by atoms with Crippen molar-refractivity contribution >= 4 is 5.97 Å². The molecule has 0 amide bonds. The summed E-state index contributed by atoms with van der Waals surface area (Å²) in [6.45, 7) is 0. The SMILES string of the molecule is COC(=O)C(NC1CC1)c1cc(OC)ccc1OC.